The number of nitrogens with one attached hydrogen (secondary N) is 2. The van der Waals surface area contributed by atoms with Gasteiger partial charge in [0, 0.05) is 28.0 Å². The summed E-state index contributed by atoms with van der Waals surface area (Å²) in [5.41, 5.74) is 2.76. The molecular weight excluding hydrogens is 400 g/mol. The van der Waals surface area contributed by atoms with E-state index in [2.05, 4.69) is 36.5 Å². The fraction of sp³-hybridized carbons (Fsp3) is 0.111. The highest BCUT2D eigenvalue weighted by atomic mass is 79.9. The van der Waals surface area contributed by atoms with Crippen LogP contribution in [0.25, 0.3) is 10.9 Å². The molecule has 8 heteroatoms. The molecule has 0 unspecified atom stereocenters. The Hall–Kier alpha value is -3.00. The Morgan fingerprint density at radius 2 is 1.88 bits per heavy atom. The Kier molecular flexibility index (Phi) is 4.85. The third-order valence-corrected chi connectivity index (χ3v) is 4.58. The largest absolute Gasteiger partial charge is 0.493 e. The van der Waals surface area contributed by atoms with E-state index in [1.165, 1.54) is 6.92 Å². The van der Waals surface area contributed by atoms with Gasteiger partial charge in [-0.25, -0.2) is 0 Å². The first kappa shape index (κ1) is 17.8. The molecule has 2 amide bonds. The predicted molar refractivity (Wildman–Crippen MR) is 102 cm³/mol. The molecule has 3 aromatic rings. The lowest BCUT2D eigenvalue weighted by Crippen LogP contribution is -2.05. The molecule has 1 heterocycles. The van der Waals surface area contributed by atoms with E-state index in [1.54, 1.807) is 24.3 Å². The Morgan fingerprint density at radius 1 is 1.19 bits per heavy atom. The minimum absolute atomic E-state index is 0.157. The van der Waals surface area contributed by atoms with Gasteiger partial charge in [0.1, 0.15) is 0 Å². The number of hydrogen-bond acceptors (Lipinski definition) is 4. The van der Waals surface area contributed by atoms with Crippen molar-refractivity contribution < 1.29 is 14.7 Å². The smallest absolute Gasteiger partial charge is 0.295 e. The topological polar surface area (TPSA) is 107 Å². The van der Waals surface area contributed by atoms with Gasteiger partial charge in [0.25, 0.3) is 5.91 Å². The number of amides is 2. The zero-order valence-electron chi connectivity index (χ0n) is 14.0. The number of aromatic nitrogens is 1. The van der Waals surface area contributed by atoms with Gasteiger partial charge in [0.15, 0.2) is 5.69 Å². The van der Waals surface area contributed by atoms with Crippen molar-refractivity contribution in [3.8, 4) is 5.88 Å². The molecule has 0 aliphatic heterocycles. The normalized spacial score (nSPS) is 11.2. The van der Waals surface area contributed by atoms with Crippen LogP contribution in [0, 0.1) is 6.92 Å². The molecule has 1 aromatic heterocycles. The second kappa shape index (κ2) is 7.09. The summed E-state index contributed by atoms with van der Waals surface area (Å²) in [6, 6.07) is 9.97. The molecule has 0 radical (unpaired) electrons. The van der Waals surface area contributed by atoms with E-state index < -0.39 is 5.91 Å². The summed E-state index contributed by atoms with van der Waals surface area (Å²) in [6.07, 6.45) is 0. The summed E-state index contributed by atoms with van der Waals surface area (Å²) in [6.45, 7) is 3.32. The van der Waals surface area contributed by atoms with Crippen LogP contribution in [-0.2, 0) is 4.79 Å². The number of halogens is 1. The van der Waals surface area contributed by atoms with Gasteiger partial charge in [-0.3, -0.25) is 9.59 Å². The first-order chi connectivity index (χ1) is 12.3. The number of aromatic hydroxyl groups is 1. The van der Waals surface area contributed by atoms with Gasteiger partial charge in [-0.2, -0.15) is 0 Å². The van der Waals surface area contributed by atoms with E-state index in [0.717, 1.165) is 10.0 Å². The lowest BCUT2D eigenvalue weighted by molar-refractivity contribution is -0.114. The van der Waals surface area contributed by atoms with E-state index in [4.69, 9.17) is 0 Å². The molecule has 0 bridgehead atoms. The Balaban J connectivity index is 1.86. The van der Waals surface area contributed by atoms with Crippen molar-refractivity contribution in [2.75, 3.05) is 5.32 Å². The maximum Gasteiger partial charge on any atom is 0.295 e. The fourth-order valence-electron chi connectivity index (χ4n) is 2.45. The van der Waals surface area contributed by atoms with Crippen molar-refractivity contribution in [2.24, 2.45) is 10.2 Å². The van der Waals surface area contributed by atoms with E-state index >= 15 is 0 Å². The number of carbonyl (C=O) groups excluding carboxylic acids is 2. The molecule has 26 heavy (non-hydrogen) atoms. The molecule has 3 rings (SSSR count). The number of aromatic amines is 1. The van der Waals surface area contributed by atoms with Gasteiger partial charge < -0.3 is 15.4 Å². The van der Waals surface area contributed by atoms with Crippen LogP contribution >= 0.6 is 15.9 Å². The predicted octanol–water partition coefficient (Wildman–Crippen LogP) is 4.83. The van der Waals surface area contributed by atoms with Crippen molar-refractivity contribution in [1.29, 1.82) is 0 Å². The van der Waals surface area contributed by atoms with E-state index in [1.807, 2.05) is 19.1 Å². The summed E-state index contributed by atoms with van der Waals surface area (Å²) in [5, 5.41) is 20.9. The molecule has 0 saturated carbocycles. The summed E-state index contributed by atoms with van der Waals surface area (Å²) in [4.78, 5) is 26.0. The van der Waals surface area contributed by atoms with E-state index in [9.17, 15) is 14.7 Å². The number of fused-ring (bicyclic) bond motifs is 1. The highest BCUT2D eigenvalue weighted by Gasteiger charge is 2.13. The standard InChI is InChI=1S/C18H15BrN4O3/c1-9-7-13-15(8-14(9)19)21-18(26)16(13)22-23-17(25)11-3-5-12(6-4-11)20-10(2)24/h3-8,21,26H,1-2H3,(H,20,24). The molecule has 0 spiro atoms. The molecule has 0 atom stereocenters. The van der Waals surface area contributed by atoms with Crippen molar-refractivity contribution in [3.05, 3.63) is 52.0 Å². The summed E-state index contributed by atoms with van der Waals surface area (Å²) < 4.78 is 0.894. The summed E-state index contributed by atoms with van der Waals surface area (Å²) >= 11 is 3.43. The molecule has 3 N–H and O–H groups in total. The molecule has 7 nitrogen and oxygen atoms in total. The summed E-state index contributed by atoms with van der Waals surface area (Å²) in [5.74, 6) is -0.905. The first-order valence-corrected chi connectivity index (χ1v) is 8.49. The number of anilines is 1. The van der Waals surface area contributed by atoms with Crippen LogP contribution in [-0.4, -0.2) is 21.9 Å². The maximum absolute atomic E-state index is 12.2. The van der Waals surface area contributed by atoms with Crippen molar-refractivity contribution >= 4 is 50.0 Å². The van der Waals surface area contributed by atoms with E-state index in [-0.39, 0.29) is 17.5 Å². The van der Waals surface area contributed by atoms with Crippen molar-refractivity contribution in [3.63, 3.8) is 0 Å². The minimum atomic E-state index is -0.554. The molecular formula is C18H15BrN4O3. The number of rotatable bonds is 3. The highest BCUT2D eigenvalue weighted by Crippen LogP contribution is 2.37. The number of H-pyrrole nitrogens is 1. The lowest BCUT2D eigenvalue weighted by Gasteiger charge is -2.01. The Bertz CT molecular complexity index is 1040. The summed E-state index contributed by atoms with van der Waals surface area (Å²) in [7, 11) is 0. The minimum Gasteiger partial charge on any atom is -0.493 e. The number of aryl methyl sites for hydroxylation is 1. The number of azo groups is 1. The highest BCUT2D eigenvalue weighted by molar-refractivity contribution is 9.10. The molecule has 0 fully saturated rings. The fourth-order valence-corrected chi connectivity index (χ4v) is 2.79. The monoisotopic (exact) mass is 414 g/mol. The van der Waals surface area contributed by atoms with Gasteiger partial charge >= 0.3 is 0 Å². The second-order valence-corrected chi connectivity index (χ2v) is 6.59. The quantitative estimate of drug-likeness (QED) is 0.534. The van der Waals surface area contributed by atoms with Crippen LogP contribution in [0.2, 0.25) is 0 Å². The van der Waals surface area contributed by atoms with Crippen LogP contribution in [0.4, 0.5) is 11.4 Å². The van der Waals surface area contributed by atoms with Crippen LogP contribution < -0.4 is 5.32 Å². The Morgan fingerprint density at radius 3 is 2.54 bits per heavy atom. The zero-order chi connectivity index (χ0) is 18.8. The average molecular weight is 415 g/mol. The van der Waals surface area contributed by atoms with Gasteiger partial charge in [-0.1, -0.05) is 15.9 Å². The van der Waals surface area contributed by atoms with Crippen LogP contribution in [0.15, 0.2) is 51.1 Å². The maximum atomic E-state index is 12.2. The number of benzene rings is 2. The second-order valence-electron chi connectivity index (χ2n) is 5.73. The van der Waals surface area contributed by atoms with Crippen molar-refractivity contribution in [2.45, 2.75) is 13.8 Å². The molecule has 0 aliphatic carbocycles. The Labute approximate surface area is 157 Å². The van der Waals surface area contributed by atoms with Gasteiger partial charge in [-0.15, -0.1) is 10.2 Å². The first-order valence-electron chi connectivity index (χ1n) is 7.69. The average Bonchev–Trinajstić information content (AvgIpc) is 2.88. The number of carbonyl (C=O) groups is 2. The van der Waals surface area contributed by atoms with Crippen LogP contribution in [0.3, 0.4) is 0 Å². The van der Waals surface area contributed by atoms with Crippen molar-refractivity contribution in [1.82, 2.24) is 4.98 Å². The van der Waals surface area contributed by atoms with Crippen LogP contribution in [0.5, 0.6) is 5.88 Å². The molecule has 0 aliphatic rings. The third-order valence-electron chi connectivity index (χ3n) is 3.72. The number of nitrogens with zero attached hydrogens (tertiary/aromatic N) is 2. The molecule has 132 valence electrons. The zero-order valence-corrected chi connectivity index (χ0v) is 15.6. The SMILES string of the molecule is CC(=O)Nc1ccc(C(=O)N=Nc2c(O)[nH]c3cc(Br)c(C)cc23)cc1. The van der Waals surface area contributed by atoms with Gasteiger partial charge in [0.2, 0.25) is 11.8 Å². The van der Waals surface area contributed by atoms with Gasteiger partial charge in [-0.05, 0) is 48.9 Å². The molecule has 0 saturated heterocycles. The van der Waals surface area contributed by atoms with E-state index in [0.29, 0.717) is 22.2 Å². The third kappa shape index (κ3) is 3.65. The number of hydrogen-bond donors (Lipinski definition) is 3. The van der Waals surface area contributed by atoms with Gasteiger partial charge in [0.05, 0.1) is 5.52 Å². The van der Waals surface area contributed by atoms with Crippen LogP contribution in [0.1, 0.15) is 22.8 Å². The lowest BCUT2D eigenvalue weighted by atomic mass is 10.1. The molecule has 2 aromatic carbocycles.